The van der Waals surface area contributed by atoms with Crippen molar-refractivity contribution in [3.63, 3.8) is 0 Å². The topological polar surface area (TPSA) is 32.8 Å². The molecule has 7 aromatic carbocycles. The molecule has 372 valence electrons. The van der Waals surface area contributed by atoms with Crippen LogP contribution in [0.1, 0.15) is 186 Å². The number of anilines is 6. The average molecular weight is 963 g/mol. The minimum Gasteiger partial charge on any atom is -0.456 e. The predicted molar refractivity (Wildman–Crippen MR) is 315 cm³/mol. The van der Waals surface area contributed by atoms with Gasteiger partial charge in [-0.25, -0.2) is 0 Å². The van der Waals surface area contributed by atoms with Crippen LogP contribution in [0.4, 0.5) is 34.1 Å². The third-order valence-electron chi connectivity index (χ3n) is 18.0. The lowest BCUT2D eigenvalue weighted by Crippen LogP contribution is -2.62. The molecule has 0 amide bonds. The van der Waals surface area contributed by atoms with E-state index in [1.807, 2.05) is 0 Å². The van der Waals surface area contributed by atoms with Crippen molar-refractivity contribution in [2.75, 3.05) is 9.80 Å². The second kappa shape index (κ2) is 16.9. The summed E-state index contributed by atoms with van der Waals surface area (Å²) in [5, 5.41) is 4.63. The summed E-state index contributed by atoms with van der Waals surface area (Å²) in [4.78, 5) is 5.30. The van der Waals surface area contributed by atoms with Gasteiger partial charge < -0.3 is 18.6 Å². The Kier molecular flexibility index (Phi) is 11.1. The molecule has 5 heteroatoms. The van der Waals surface area contributed by atoms with E-state index >= 15 is 0 Å². The summed E-state index contributed by atoms with van der Waals surface area (Å²) in [6.07, 6.45) is 6.90. The molecular formula is C68H75BN2O2. The highest BCUT2D eigenvalue weighted by molar-refractivity contribution is 7.00. The smallest absolute Gasteiger partial charge is 0.252 e. The fraction of sp³-hybridized carbons (Fsp3) is 0.382. The number of hydrogen-bond acceptors (Lipinski definition) is 4. The third kappa shape index (κ3) is 7.44. The number of unbranched alkanes of at least 4 members (excludes halogenated alkanes) is 1. The van der Waals surface area contributed by atoms with Crippen molar-refractivity contribution >= 4 is 101 Å². The van der Waals surface area contributed by atoms with Gasteiger partial charge in [0.15, 0.2) is 0 Å². The first-order valence-electron chi connectivity index (χ1n) is 27.8. The summed E-state index contributed by atoms with van der Waals surface area (Å²) in [6.45, 7) is 33.3. The van der Waals surface area contributed by atoms with Crippen LogP contribution in [0, 0.1) is 0 Å². The van der Waals surface area contributed by atoms with Crippen LogP contribution in [-0.4, -0.2) is 6.71 Å². The van der Waals surface area contributed by atoms with Crippen molar-refractivity contribution in [3.05, 3.63) is 148 Å². The maximum absolute atomic E-state index is 6.98. The molecule has 4 nitrogen and oxygen atoms in total. The van der Waals surface area contributed by atoms with E-state index in [1.54, 1.807) is 0 Å². The highest BCUT2D eigenvalue weighted by atomic mass is 16.3. The van der Waals surface area contributed by atoms with Gasteiger partial charge >= 0.3 is 0 Å². The Bertz CT molecular complexity index is 3710. The van der Waals surface area contributed by atoms with Gasteiger partial charge in [-0.3, -0.25) is 0 Å². The second-order valence-corrected chi connectivity index (χ2v) is 25.3. The molecule has 4 heterocycles. The van der Waals surface area contributed by atoms with E-state index in [0.717, 1.165) is 63.4 Å². The molecule has 1 aliphatic carbocycles. The fourth-order valence-corrected chi connectivity index (χ4v) is 13.3. The highest BCUT2D eigenvalue weighted by Gasteiger charge is 2.47. The van der Waals surface area contributed by atoms with Gasteiger partial charge in [-0.15, -0.1) is 0 Å². The number of hydrogen-bond donors (Lipinski definition) is 0. The minimum atomic E-state index is -0.0522. The van der Waals surface area contributed by atoms with Crippen molar-refractivity contribution in [2.24, 2.45) is 0 Å². The van der Waals surface area contributed by atoms with Gasteiger partial charge in [0, 0.05) is 55.7 Å². The third-order valence-corrected chi connectivity index (χ3v) is 18.0. The summed E-state index contributed by atoms with van der Waals surface area (Å²) in [6, 6.07) is 43.2. The molecular weight excluding hydrogens is 888 g/mol. The Labute approximate surface area is 435 Å². The molecule has 9 aromatic rings. The average Bonchev–Trinajstić information content (AvgIpc) is 3.92. The zero-order valence-electron chi connectivity index (χ0n) is 46.2. The van der Waals surface area contributed by atoms with Gasteiger partial charge in [-0.2, -0.15) is 0 Å². The lowest BCUT2D eigenvalue weighted by molar-refractivity contribution is 0.332. The van der Waals surface area contributed by atoms with Gasteiger partial charge in [-0.05, 0) is 200 Å². The Morgan fingerprint density at radius 3 is 1.59 bits per heavy atom. The molecule has 0 radical (unpaired) electrons. The summed E-state index contributed by atoms with van der Waals surface area (Å²) in [5.74, 6) is 1.09. The number of rotatable bonds is 10. The predicted octanol–water partition coefficient (Wildman–Crippen LogP) is 18.3. The van der Waals surface area contributed by atoms with E-state index in [4.69, 9.17) is 8.83 Å². The van der Waals surface area contributed by atoms with Gasteiger partial charge in [0.05, 0.1) is 0 Å². The molecule has 2 aliphatic heterocycles. The molecule has 0 N–H and O–H groups in total. The van der Waals surface area contributed by atoms with Crippen LogP contribution in [0.3, 0.4) is 0 Å². The first kappa shape index (κ1) is 47.8. The Morgan fingerprint density at radius 2 is 1.01 bits per heavy atom. The lowest BCUT2D eigenvalue weighted by atomic mass is 9.33. The quantitative estimate of drug-likeness (QED) is 0.128. The van der Waals surface area contributed by atoms with Crippen molar-refractivity contribution in [1.82, 2.24) is 0 Å². The van der Waals surface area contributed by atoms with E-state index in [2.05, 4.69) is 216 Å². The summed E-state index contributed by atoms with van der Waals surface area (Å²) in [5.41, 5.74) is 25.1. The van der Waals surface area contributed by atoms with E-state index in [9.17, 15) is 0 Å². The molecule has 73 heavy (non-hydrogen) atoms. The number of nitrogens with zero attached hydrogens (tertiary/aromatic N) is 2. The number of fused-ring (bicyclic) bond motifs is 11. The van der Waals surface area contributed by atoms with Crippen LogP contribution in [-0.2, 0) is 22.7 Å². The summed E-state index contributed by atoms with van der Waals surface area (Å²) >= 11 is 0. The minimum absolute atomic E-state index is 0.0228. The Balaban J connectivity index is 1.20. The lowest BCUT2D eigenvalue weighted by Gasteiger charge is -2.47. The van der Waals surface area contributed by atoms with Crippen molar-refractivity contribution in [1.29, 1.82) is 0 Å². The Morgan fingerprint density at radius 1 is 0.521 bits per heavy atom. The molecule has 0 atom stereocenters. The molecule has 12 rings (SSSR count). The monoisotopic (exact) mass is 963 g/mol. The maximum Gasteiger partial charge on any atom is 0.252 e. The molecule has 0 fully saturated rings. The van der Waals surface area contributed by atoms with Gasteiger partial charge in [-0.1, -0.05) is 134 Å². The molecule has 0 spiro atoms. The summed E-state index contributed by atoms with van der Waals surface area (Å²) < 4.78 is 13.6. The highest BCUT2D eigenvalue weighted by Crippen LogP contribution is 2.52. The molecule has 0 bridgehead atoms. The van der Waals surface area contributed by atoms with Crippen LogP contribution in [0.25, 0.3) is 43.9 Å². The van der Waals surface area contributed by atoms with Crippen LogP contribution in [0.15, 0.2) is 118 Å². The fourth-order valence-electron chi connectivity index (χ4n) is 13.3. The molecule has 0 unspecified atom stereocenters. The first-order valence-corrected chi connectivity index (χ1v) is 27.8. The largest absolute Gasteiger partial charge is 0.456 e. The van der Waals surface area contributed by atoms with Gasteiger partial charge in [0.2, 0.25) is 0 Å². The van der Waals surface area contributed by atoms with Gasteiger partial charge in [0.1, 0.15) is 22.3 Å². The van der Waals surface area contributed by atoms with E-state index in [1.165, 1.54) is 108 Å². The number of benzene rings is 7. The zero-order chi connectivity index (χ0) is 51.2. The maximum atomic E-state index is 6.98. The summed E-state index contributed by atoms with van der Waals surface area (Å²) in [7, 11) is 0. The van der Waals surface area contributed by atoms with E-state index in [0.29, 0.717) is 11.8 Å². The number of furan rings is 2. The first-order chi connectivity index (χ1) is 34.8. The van der Waals surface area contributed by atoms with Gasteiger partial charge in [0.25, 0.3) is 6.71 Å². The normalized spacial score (nSPS) is 15.9. The van der Waals surface area contributed by atoms with Crippen molar-refractivity contribution in [2.45, 2.75) is 169 Å². The second-order valence-electron chi connectivity index (χ2n) is 25.3. The molecule has 2 aromatic heterocycles. The van der Waals surface area contributed by atoms with Crippen molar-refractivity contribution in [3.8, 4) is 0 Å². The van der Waals surface area contributed by atoms with Crippen molar-refractivity contribution < 1.29 is 8.83 Å². The van der Waals surface area contributed by atoms with Crippen LogP contribution in [0.2, 0.25) is 0 Å². The SMILES string of the molecule is CCCCC(C)(C)c1ccc(N2c3cc4c(cc3B3c5cc6oc7ccc(C(C)C)cc7c6cc5N(c5ccc6oc7ccc(C(C)C)cc7c6c5)c5cc(C(C)C)cc2c53)C(C)(C)CCC4(C)C)cc1CC. The van der Waals surface area contributed by atoms with E-state index < -0.39 is 0 Å². The number of aryl methyl sites for hydroxylation is 1. The van der Waals surface area contributed by atoms with Crippen LogP contribution >= 0.6 is 0 Å². The Hall–Kier alpha value is -6.20. The van der Waals surface area contributed by atoms with E-state index in [-0.39, 0.29) is 28.9 Å². The van der Waals surface area contributed by atoms with Crippen LogP contribution < -0.4 is 26.2 Å². The molecule has 3 aliphatic rings. The molecule has 0 saturated carbocycles. The van der Waals surface area contributed by atoms with Crippen LogP contribution in [0.5, 0.6) is 0 Å². The standard InChI is InChI=1S/C68H75BN2O2/c1-15-17-26-66(9,10)52-22-20-46(29-42(52)16-2)70-58-37-54-53(67(11,12)27-28-68(54,13)14)36-55(58)69-56-38-64-51(49-31-44(40(5)6)19-24-62(49)73-64)35-57(56)71(60-33-45(41(7)8)32-59(70)65(60)69)47-21-25-63-50(34-47)48-30-43(39(3)4)18-23-61(48)72-63/h18-25,29-41H,15-17,26-28H2,1-14H3. The molecule has 0 saturated heterocycles. The zero-order valence-corrected chi connectivity index (χ0v) is 46.2.